The van der Waals surface area contributed by atoms with Crippen LogP contribution >= 0.6 is 0 Å². The van der Waals surface area contributed by atoms with Crippen LogP contribution in [0.3, 0.4) is 0 Å². The van der Waals surface area contributed by atoms with E-state index in [0.717, 1.165) is 6.42 Å². The number of fused-ring (bicyclic) bond motifs is 1. The second kappa shape index (κ2) is 8.47. The van der Waals surface area contributed by atoms with Crippen molar-refractivity contribution in [2.45, 2.75) is 32.8 Å². The lowest BCUT2D eigenvalue weighted by atomic mass is 10.1. The van der Waals surface area contributed by atoms with Gasteiger partial charge in [0, 0.05) is 23.1 Å². The number of ketones is 1. The van der Waals surface area contributed by atoms with Crippen LogP contribution < -0.4 is 5.32 Å². The number of benzene rings is 2. The van der Waals surface area contributed by atoms with Gasteiger partial charge in [-0.25, -0.2) is 4.79 Å². The molecule has 1 atom stereocenters. The number of aromatic nitrogens is 2. The molecule has 0 aliphatic carbocycles. The van der Waals surface area contributed by atoms with Crippen molar-refractivity contribution < 1.29 is 19.1 Å². The number of ether oxygens (including phenoxy) is 1. The number of aromatic amines is 1. The summed E-state index contributed by atoms with van der Waals surface area (Å²) in [5, 5.41) is 10.1. The fourth-order valence-corrected chi connectivity index (χ4v) is 2.79. The Kier molecular flexibility index (Phi) is 5.84. The van der Waals surface area contributed by atoms with E-state index in [9.17, 15) is 14.4 Å². The lowest BCUT2D eigenvalue weighted by Crippen LogP contribution is -2.24. The molecule has 0 spiro atoms. The Morgan fingerprint density at radius 3 is 2.54 bits per heavy atom. The van der Waals surface area contributed by atoms with Crippen LogP contribution in [0.1, 0.15) is 47.5 Å². The third-order valence-corrected chi connectivity index (χ3v) is 4.25. The Balaban J connectivity index is 1.65. The van der Waals surface area contributed by atoms with Gasteiger partial charge in [0.15, 0.2) is 11.8 Å². The molecule has 2 aromatic carbocycles. The SMILES string of the molecule is CCCC(=O)Nc1ccc(C(=O)[C@H](C)OC(=O)c2n[nH]c3ccccc23)cc1. The summed E-state index contributed by atoms with van der Waals surface area (Å²) in [7, 11) is 0. The van der Waals surface area contributed by atoms with E-state index in [1.54, 1.807) is 42.5 Å². The van der Waals surface area contributed by atoms with Crippen LogP contribution in [0.2, 0.25) is 0 Å². The van der Waals surface area contributed by atoms with Gasteiger partial charge in [-0.2, -0.15) is 5.10 Å². The number of para-hydroxylation sites is 1. The number of anilines is 1. The first-order valence-electron chi connectivity index (χ1n) is 9.07. The summed E-state index contributed by atoms with van der Waals surface area (Å²) in [6.07, 6.45) is 0.232. The third kappa shape index (κ3) is 4.25. The Morgan fingerprint density at radius 2 is 1.82 bits per heavy atom. The maximum Gasteiger partial charge on any atom is 0.360 e. The van der Waals surface area contributed by atoms with Gasteiger partial charge in [0.05, 0.1) is 5.52 Å². The minimum Gasteiger partial charge on any atom is -0.449 e. The molecule has 0 aliphatic heterocycles. The molecular formula is C21H21N3O4. The first-order chi connectivity index (χ1) is 13.5. The zero-order chi connectivity index (χ0) is 20.1. The van der Waals surface area contributed by atoms with Crippen molar-refractivity contribution in [2.24, 2.45) is 0 Å². The van der Waals surface area contributed by atoms with Crippen LogP contribution in [-0.4, -0.2) is 34.0 Å². The molecule has 0 unspecified atom stereocenters. The number of Topliss-reactive ketones (excluding diaryl/α,β-unsaturated/α-hetero) is 1. The van der Waals surface area contributed by atoms with E-state index < -0.39 is 12.1 Å². The van der Waals surface area contributed by atoms with Crippen molar-refractivity contribution in [2.75, 3.05) is 5.32 Å². The zero-order valence-corrected chi connectivity index (χ0v) is 15.7. The molecule has 0 saturated carbocycles. The van der Waals surface area contributed by atoms with E-state index in [-0.39, 0.29) is 17.4 Å². The summed E-state index contributed by atoms with van der Waals surface area (Å²) in [6, 6.07) is 13.7. The quantitative estimate of drug-likeness (QED) is 0.481. The topological polar surface area (TPSA) is 101 Å². The number of rotatable bonds is 7. The predicted octanol–water partition coefficient (Wildman–Crippen LogP) is 3.73. The second-order valence-electron chi connectivity index (χ2n) is 6.41. The number of hydrogen-bond acceptors (Lipinski definition) is 5. The van der Waals surface area contributed by atoms with E-state index in [2.05, 4.69) is 15.5 Å². The standard InChI is InChI=1S/C21H21N3O4/c1-3-6-18(25)22-15-11-9-14(10-12-15)20(26)13(2)28-21(27)19-16-7-4-5-8-17(16)23-24-19/h4-5,7-13H,3,6H2,1-2H3,(H,22,25)(H,23,24)/t13-/m0/s1. The number of amides is 1. The Hall–Kier alpha value is -3.48. The molecule has 1 amide bonds. The van der Waals surface area contributed by atoms with Gasteiger partial charge in [-0.15, -0.1) is 0 Å². The van der Waals surface area contributed by atoms with E-state index in [0.29, 0.717) is 28.6 Å². The van der Waals surface area contributed by atoms with E-state index in [1.807, 2.05) is 13.0 Å². The van der Waals surface area contributed by atoms with E-state index in [1.165, 1.54) is 6.92 Å². The largest absolute Gasteiger partial charge is 0.449 e. The van der Waals surface area contributed by atoms with Crippen molar-refractivity contribution in [3.05, 3.63) is 59.8 Å². The molecule has 7 nitrogen and oxygen atoms in total. The number of hydrogen-bond donors (Lipinski definition) is 2. The van der Waals surface area contributed by atoms with Crippen LogP contribution in [0.25, 0.3) is 10.9 Å². The minimum atomic E-state index is -0.969. The van der Waals surface area contributed by atoms with Crippen LogP contribution in [0.4, 0.5) is 5.69 Å². The van der Waals surface area contributed by atoms with Crippen LogP contribution in [-0.2, 0) is 9.53 Å². The molecule has 1 heterocycles. The maximum atomic E-state index is 12.6. The van der Waals surface area contributed by atoms with Gasteiger partial charge in [-0.1, -0.05) is 25.1 Å². The molecule has 3 aromatic rings. The average Bonchev–Trinajstić information content (AvgIpc) is 3.12. The summed E-state index contributed by atoms with van der Waals surface area (Å²) < 4.78 is 5.31. The van der Waals surface area contributed by atoms with Crippen LogP contribution in [0, 0.1) is 0 Å². The summed E-state index contributed by atoms with van der Waals surface area (Å²) in [6.45, 7) is 3.45. The van der Waals surface area contributed by atoms with Gasteiger partial charge in [0.2, 0.25) is 11.7 Å². The smallest absolute Gasteiger partial charge is 0.360 e. The van der Waals surface area contributed by atoms with Crippen LogP contribution in [0.5, 0.6) is 0 Å². The highest BCUT2D eigenvalue weighted by Gasteiger charge is 2.23. The summed E-state index contributed by atoms with van der Waals surface area (Å²) in [5.74, 6) is -1.07. The number of carbonyl (C=O) groups is 3. The average molecular weight is 379 g/mol. The minimum absolute atomic E-state index is 0.0740. The Bertz CT molecular complexity index is 1010. The van der Waals surface area contributed by atoms with E-state index >= 15 is 0 Å². The Morgan fingerprint density at radius 1 is 1.11 bits per heavy atom. The van der Waals surface area contributed by atoms with Gasteiger partial charge in [0.25, 0.3) is 0 Å². The molecule has 1 aromatic heterocycles. The molecule has 2 N–H and O–H groups in total. The summed E-state index contributed by atoms with van der Waals surface area (Å²) in [4.78, 5) is 36.6. The molecule has 0 bridgehead atoms. The number of carbonyl (C=O) groups excluding carboxylic acids is 3. The number of nitrogens with one attached hydrogen (secondary N) is 2. The monoisotopic (exact) mass is 379 g/mol. The zero-order valence-electron chi connectivity index (χ0n) is 15.7. The highest BCUT2D eigenvalue weighted by atomic mass is 16.5. The van der Waals surface area contributed by atoms with Gasteiger partial charge in [0.1, 0.15) is 0 Å². The molecule has 144 valence electrons. The van der Waals surface area contributed by atoms with Gasteiger partial charge in [-0.3, -0.25) is 14.7 Å². The molecule has 0 fully saturated rings. The number of H-pyrrole nitrogens is 1. The third-order valence-electron chi connectivity index (χ3n) is 4.25. The molecule has 0 aliphatic rings. The lowest BCUT2D eigenvalue weighted by Gasteiger charge is -2.12. The van der Waals surface area contributed by atoms with Gasteiger partial charge in [-0.05, 0) is 43.7 Å². The molecular weight excluding hydrogens is 358 g/mol. The second-order valence-corrected chi connectivity index (χ2v) is 6.41. The van der Waals surface area contributed by atoms with Crippen molar-refractivity contribution in [1.29, 1.82) is 0 Å². The van der Waals surface area contributed by atoms with Crippen molar-refractivity contribution in [3.8, 4) is 0 Å². The van der Waals surface area contributed by atoms with Crippen molar-refractivity contribution in [3.63, 3.8) is 0 Å². The van der Waals surface area contributed by atoms with Gasteiger partial charge >= 0.3 is 5.97 Å². The van der Waals surface area contributed by atoms with Gasteiger partial charge < -0.3 is 10.1 Å². The fourth-order valence-electron chi connectivity index (χ4n) is 2.79. The molecule has 7 heteroatoms. The Labute approximate surface area is 162 Å². The molecule has 28 heavy (non-hydrogen) atoms. The van der Waals surface area contributed by atoms with E-state index in [4.69, 9.17) is 4.74 Å². The number of esters is 1. The van der Waals surface area contributed by atoms with Crippen molar-refractivity contribution in [1.82, 2.24) is 10.2 Å². The predicted molar refractivity (Wildman–Crippen MR) is 105 cm³/mol. The summed E-state index contributed by atoms with van der Waals surface area (Å²) >= 11 is 0. The maximum absolute atomic E-state index is 12.6. The lowest BCUT2D eigenvalue weighted by molar-refractivity contribution is -0.116. The summed E-state index contributed by atoms with van der Waals surface area (Å²) in [5.41, 5.74) is 1.86. The molecule has 3 rings (SSSR count). The first kappa shape index (κ1) is 19.3. The highest BCUT2D eigenvalue weighted by Crippen LogP contribution is 2.18. The normalized spacial score (nSPS) is 11.8. The van der Waals surface area contributed by atoms with Crippen molar-refractivity contribution >= 4 is 34.3 Å². The molecule has 0 saturated heterocycles. The van der Waals surface area contributed by atoms with Crippen LogP contribution in [0.15, 0.2) is 48.5 Å². The molecule has 0 radical (unpaired) electrons. The highest BCUT2D eigenvalue weighted by molar-refractivity contribution is 6.05. The first-order valence-corrected chi connectivity index (χ1v) is 9.07. The number of nitrogens with zero attached hydrogens (tertiary/aromatic N) is 1. The fraction of sp³-hybridized carbons (Fsp3) is 0.238.